The molecule has 0 spiro atoms. The summed E-state index contributed by atoms with van der Waals surface area (Å²) in [5.74, 6) is 0.370. The first-order valence-electron chi connectivity index (χ1n) is 9.09. The van der Waals surface area contributed by atoms with Crippen LogP contribution in [0.4, 0.5) is 0 Å². The fraction of sp³-hybridized carbons (Fsp3) is 0.333. The van der Waals surface area contributed by atoms with Crippen molar-refractivity contribution in [1.29, 1.82) is 0 Å². The maximum Gasteiger partial charge on any atom is 0.225 e. The van der Waals surface area contributed by atoms with Crippen LogP contribution < -0.4 is 10.1 Å². The average Bonchev–Trinajstić information content (AvgIpc) is 3.06. The van der Waals surface area contributed by atoms with E-state index in [2.05, 4.69) is 5.32 Å². The molecule has 2 aromatic carbocycles. The average molecular weight is 387 g/mol. The molecule has 1 N–H and O–H groups in total. The van der Waals surface area contributed by atoms with Crippen LogP contribution in [0.3, 0.4) is 0 Å². The van der Waals surface area contributed by atoms with Crippen molar-refractivity contribution in [2.45, 2.75) is 12.8 Å². The Morgan fingerprint density at radius 1 is 1.15 bits per heavy atom. The molecule has 1 saturated heterocycles. The fourth-order valence-electron chi connectivity index (χ4n) is 3.09. The number of halogens is 1. The lowest BCUT2D eigenvalue weighted by atomic mass is 10.1. The van der Waals surface area contributed by atoms with Gasteiger partial charge < -0.3 is 15.0 Å². The molecule has 0 radical (unpaired) electrons. The van der Waals surface area contributed by atoms with E-state index in [1.807, 2.05) is 30.3 Å². The molecule has 2 aromatic rings. The smallest absolute Gasteiger partial charge is 0.225 e. The third-order valence-corrected chi connectivity index (χ3v) is 4.83. The van der Waals surface area contributed by atoms with Gasteiger partial charge in [-0.15, -0.1) is 0 Å². The van der Waals surface area contributed by atoms with Crippen LogP contribution in [0.1, 0.15) is 12.0 Å². The number of carbonyl (C=O) groups is 2. The number of hydrogen-bond acceptors (Lipinski definition) is 3. The minimum absolute atomic E-state index is 0.0449. The number of benzene rings is 2. The van der Waals surface area contributed by atoms with E-state index in [1.165, 1.54) is 5.56 Å². The van der Waals surface area contributed by atoms with Gasteiger partial charge in [0, 0.05) is 24.5 Å². The maximum absolute atomic E-state index is 12.3. The van der Waals surface area contributed by atoms with Crippen LogP contribution in [-0.4, -0.2) is 43.0 Å². The molecule has 0 saturated carbocycles. The van der Waals surface area contributed by atoms with Crippen LogP contribution in [0, 0.1) is 5.92 Å². The van der Waals surface area contributed by atoms with Gasteiger partial charge in [0.1, 0.15) is 12.4 Å². The Bertz CT molecular complexity index is 765. The SMILES string of the molecule is O=C(NCCOc1ccc(Cl)cc1)C1CC(=O)N(CCc2ccccc2)C1. The zero-order valence-electron chi connectivity index (χ0n) is 15.1. The number of ether oxygens (including phenoxy) is 1. The van der Waals surface area contributed by atoms with Crippen molar-refractivity contribution < 1.29 is 14.3 Å². The maximum atomic E-state index is 12.3. The summed E-state index contributed by atoms with van der Waals surface area (Å²) in [6, 6.07) is 17.1. The van der Waals surface area contributed by atoms with Crippen molar-refractivity contribution in [2.75, 3.05) is 26.2 Å². The number of nitrogens with one attached hydrogen (secondary N) is 1. The third kappa shape index (κ3) is 5.73. The van der Waals surface area contributed by atoms with Gasteiger partial charge in [-0.25, -0.2) is 0 Å². The summed E-state index contributed by atoms with van der Waals surface area (Å²) in [6.45, 7) is 1.89. The molecular weight excluding hydrogens is 364 g/mol. The highest BCUT2D eigenvalue weighted by Gasteiger charge is 2.33. The van der Waals surface area contributed by atoms with Crippen molar-refractivity contribution in [3.8, 4) is 5.75 Å². The van der Waals surface area contributed by atoms with E-state index in [1.54, 1.807) is 29.2 Å². The van der Waals surface area contributed by atoms with E-state index in [9.17, 15) is 9.59 Å². The van der Waals surface area contributed by atoms with Gasteiger partial charge in [0.25, 0.3) is 0 Å². The molecule has 1 unspecified atom stereocenters. The molecule has 1 fully saturated rings. The first-order valence-corrected chi connectivity index (χ1v) is 9.47. The molecule has 1 atom stereocenters. The molecule has 5 nitrogen and oxygen atoms in total. The Morgan fingerprint density at radius 2 is 1.89 bits per heavy atom. The van der Waals surface area contributed by atoms with E-state index in [4.69, 9.17) is 16.3 Å². The minimum Gasteiger partial charge on any atom is -0.492 e. The minimum atomic E-state index is -0.288. The molecule has 1 aliphatic heterocycles. The van der Waals surface area contributed by atoms with Crippen LogP contribution in [0.2, 0.25) is 5.02 Å². The molecule has 6 heteroatoms. The van der Waals surface area contributed by atoms with Gasteiger partial charge >= 0.3 is 0 Å². The molecule has 0 aliphatic carbocycles. The lowest BCUT2D eigenvalue weighted by molar-refractivity contribution is -0.129. The van der Waals surface area contributed by atoms with E-state index < -0.39 is 0 Å². The van der Waals surface area contributed by atoms with Gasteiger partial charge in [-0.3, -0.25) is 9.59 Å². The predicted octanol–water partition coefficient (Wildman–Crippen LogP) is 2.93. The molecule has 2 amide bonds. The quantitative estimate of drug-likeness (QED) is 0.709. The lowest BCUT2D eigenvalue weighted by Crippen LogP contribution is -2.35. The van der Waals surface area contributed by atoms with Gasteiger partial charge in [0.15, 0.2) is 0 Å². The molecule has 3 rings (SSSR count). The first kappa shape index (κ1) is 19.2. The summed E-state index contributed by atoms with van der Waals surface area (Å²) in [4.78, 5) is 26.2. The molecule has 0 aromatic heterocycles. The first-order chi connectivity index (χ1) is 13.1. The number of amides is 2. The van der Waals surface area contributed by atoms with Crippen molar-refractivity contribution in [3.05, 3.63) is 65.2 Å². The van der Waals surface area contributed by atoms with Gasteiger partial charge in [0.05, 0.1) is 12.5 Å². The van der Waals surface area contributed by atoms with Gasteiger partial charge in [-0.1, -0.05) is 41.9 Å². The van der Waals surface area contributed by atoms with Crippen molar-refractivity contribution in [2.24, 2.45) is 5.92 Å². The zero-order chi connectivity index (χ0) is 19.1. The van der Waals surface area contributed by atoms with E-state index in [-0.39, 0.29) is 24.2 Å². The highest BCUT2D eigenvalue weighted by Crippen LogP contribution is 2.19. The molecule has 142 valence electrons. The highest BCUT2D eigenvalue weighted by molar-refractivity contribution is 6.30. The number of rotatable bonds is 8. The van der Waals surface area contributed by atoms with E-state index >= 15 is 0 Å². The summed E-state index contributed by atoms with van der Waals surface area (Å²) in [6.07, 6.45) is 1.08. The molecule has 27 heavy (non-hydrogen) atoms. The van der Waals surface area contributed by atoms with Crippen molar-refractivity contribution in [3.63, 3.8) is 0 Å². The molecule has 1 aliphatic rings. The number of nitrogens with zero attached hydrogens (tertiary/aromatic N) is 1. The second-order valence-electron chi connectivity index (χ2n) is 6.57. The van der Waals surface area contributed by atoms with Crippen LogP contribution >= 0.6 is 11.6 Å². The Morgan fingerprint density at radius 3 is 2.63 bits per heavy atom. The summed E-state index contributed by atoms with van der Waals surface area (Å²) in [5, 5.41) is 3.50. The molecular formula is C21H23ClN2O3. The Balaban J connectivity index is 1.37. The Hall–Kier alpha value is -2.53. The molecule has 0 bridgehead atoms. The van der Waals surface area contributed by atoms with E-state index in [0.717, 1.165) is 6.42 Å². The van der Waals surface area contributed by atoms with Crippen LogP contribution in [0.15, 0.2) is 54.6 Å². The fourth-order valence-corrected chi connectivity index (χ4v) is 3.22. The number of carbonyl (C=O) groups excluding carboxylic acids is 2. The number of likely N-dealkylation sites (tertiary alicyclic amines) is 1. The van der Waals surface area contributed by atoms with Crippen molar-refractivity contribution >= 4 is 23.4 Å². The monoisotopic (exact) mass is 386 g/mol. The van der Waals surface area contributed by atoms with Gasteiger partial charge in [-0.2, -0.15) is 0 Å². The highest BCUT2D eigenvalue weighted by atomic mass is 35.5. The van der Waals surface area contributed by atoms with Crippen LogP contribution in [-0.2, 0) is 16.0 Å². The van der Waals surface area contributed by atoms with Crippen molar-refractivity contribution in [1.82, 2.24) is 10.2 Å². The second-order valence-corrected chi connectivity index (χ2v) is 7.01. The standard InChI is InChI=1S/C21H23ClN2O3/c22-18-6-8-19(9-7-18)27-13-11-23-21(26)17-14-20(25)24(15-17)12-10-16-4-2-1-3-5-16/h1-9,17H,10-15H2,(H,23,26). The Kier molecular flexibility index (Phi) is 6.71. The Labute approximate surface area is 164 Å². The molecule has 1 heterocycles. The lowest BCUT2D eigenvalue weighted by Gasteiger charge is -2.16. The normalized spacial score (nSPS) is 16.4. The topological polar surface area (TPSA) is 58.6 Å². The van der Waals surface area contributed by atoms with Gasteiger partial charge in [-0.05, 0) is 36.2 Å². The second kappa shape index (κ2) is 9.42. The van der Waals surface area contributed by atoms with E-state index in [0.29, 0.717) is 37.0 Å². The zero-order valence-corrected chi connectivity index (χ0v) is 15.8. The van der Waals surface area contributed by atoms with Gasteiger partial charge in [0.2, 0.25) is 11.8 Å². The van der Waals surface area contributed by atoms with Crippen LogP contribution in [0.5, 0.6) is 5.75 Å². The van der Waals surface area contributed by atoms with Crippen LogP contribution in [0.25, 0.3) is 0 Å². The number of hydrogen-bond donors (Lipinski definition) is 1. The predicted molar refractivity (Wildman–Crippen MR) is 105 cm³/mol. The summed E-state index contributed by atoms with van der Waals surface area (Å²) in [5.41, 5.74) is 1.19. The summed E-state index contributed by atoms with van der Waals surface area (Å²) >= 11 is 5.82. The summed E-state index contributed by atoms with van der Waals surface area (Å²) < 4.78 is 5.55. The third-order valence-electron chi connectivity index (χ3n) is 4.58. The summed E-state index contributed by atoms with van der Waals surface area (Å²) in [7, 11) is 0. The largest absolute Gasteiger partial charge is 0.492 e.